The first-order valence-corrected chi connectivity index (χ1v) is 11.0. The van der Waals surface area contributed by atoms with Crippen LogP contribution in [-0.4, -0.2) is 6.36 Å². The molecule has 0 aliphatic heterocycles. The van der Waals surface area contributed by atoms with Gasteiger partial charge in [0.1, 0.15) is 5.82 Å². The second kappa shape index (κ2) is 9.08. The summed E-state index contributed by atoms with van der Waals surface area (Å²) in [6, 6.07) is 12.0. The average Bonchev–Trinajstić information content (AvgIpc) is 2.75. The number of alkyl halides is 3. The van der Waals surface area contributed by atoms with Crippen molar-refractivity contribution in [2.24, 2.45) is 5.92 Å². The first-order valence-electron chi connectivity index (χ1n) is 11.0. The topological polar surface area (TPSA) is 9.23 Å². The Kier molecular flexibility index (Phi) is 6.40. The molecule has 0 aromatic heterocycles. The minimum Gasteiger partial charge on any atom is -0.403 e. The number of fused-ring (bicyclic) bond motifs is 1. The van der Waals surface area contributed by atoms with Gasteiger partial charge in [0.05, 0.1) is 0 Å². The van der Waals surface area contributed by atoms with E-state index >= 15 is 0 Å². The molecule has 3 aromatic carbocycles. The summed E-state index contributed by atoms with van der Waals surface area (Å²) in [6.45, 7) is 2.20. The maximum absolute atomic E-state index is 15.0. The Bertz CT molecular complexity index is 1100. The van der Waals surface area contributed by atoms with Gasteiger partial charge < -0.3 is 4.74 Å². The summed E-state index contributed by atoms with van der Waals surface area (Å²) >= 11 is 0. The predicted octanol–water partition coefficient (Wildman–Crippen LogP) is 8.76. The van der Waals surface area contributed by atoms with Crippen LogP contribution in [0.1, 0.15) is 56.9 Å². The third-order valence-electron chi connectivity index (χ3n) is 6.46. The van der Waals surface area contributed by atoms with Crippen molar-refractivity contribution < 1.29 is 26.7 Å². The average molecular weight is 448 g/mol. The molecule has 32 heavy (non-hydrogen) atoms. The van der Waals surface area contributed by atoms with E-state index in [0.717, 1.165) is 30.4 Å². The fourth-order valence-electron chi connectivity index (χ4n) is 4.86. The predicted molar refractivity (Wildman–Crippen MR) is 116 cm³/mol. The molecule has 1 nitrogen and oxygen atoms in total. The van der Waals surface area contributed by atoms with Gasteiger partial charge >= 0.3 is 6.36 Å². The van der Waals surface area contributed by atoms with Crippen LogP contribution in [-0.2, 0) is 0 Å². The zero-order valence-corrected chi connectivity index (χ0v) is 17.8. The quantitative estimate of drug-likeness (QED) is 0.355. The lowest BCUT2D eigenvalue weighted by atomic mass is 9.77. The standard InChI is InChI=1S/C26H25F5O/c1-2-3-16-4-6-17(7-5-16)18-8-11-21(23(27)15-18)19-9-12-22-20(14-19)10-13-24(25(22)28)32-26(29,30)31/h8-17H,2-7H2,1H3. The molecular formula is C26H25F5O. The van der Waals surface area contributed by atoms with Gasteiger partial charge in [-0.25, -0.2) is 8.78 Å². The smallest absolute Gasteiger partial charge is 0.403 e. The first kappa shape index (κ1) is 22.6. The molecule has 1 aliphatic rings. The van der Waals surface area contributed by atoms with E-state index in [1.54, 1.807) is 18.2 Å². The van der Waals surface area contributed by atoms with Crippen molar-refractivity contribution in [3.63, 3.8) is 0 Å². The fourth-order valence-corrected chi connectivity index (χ4v) is 4.86. The number of halogens is 5. The molecule has 170 valence electrons. The fraction of sp³-hybridized carbons (Fsp3) is 0.385. The van der Waals surface area contributed by atoms with Crippen LogP contribution >= 0.6 is 0 Å². The molecule has 0 spiro atoms. The van der Waals surface area contributed by atoms with E-state index in [-0.39, 0.29) is 11.2 Å². The largest absolute Gasteiger partial charge is 0.573 e. The number of benzene rings is 3. The molecule has 0 amide bonds. The molecule has 1 fully saturated rings. The molecule has 0 radical (unpaired) electrons. The Balaban J connectivity index is 1.57. The van der Waals surface area contributed by atoms with Gasteiger partial charge in [0.2, 0.25) is 0 Å². The highest BCUT2D eigenvalue weighted by atomic mass is 19.4. The number of rotatable bonds is 5. The molecule has 6 heteroatoms. The minimum absolute atomic E-state index is 0.0173. The lowest BCUT2D eigenvalue weighted by molar-refractivity contribution is -0.275. The van der Waals surface area contributed by atoms with Gasteiger partial charge in [-0.3, -0.25) is 0 Å². The summed E-state index contributed by atoms with van der Waals surface area (Å²) < 4.78 is 70.5. The van der Waals surface area contributed by atoms with Crippen molar-refractivity contribution in [3.05, 3.63) is 65.7 Å². The summed E-state index contributed by atoms with van der Waals surface area (Å²) in [7, 11) is 0. The highest BCUT2D eigenvalue weighted by Gasteiger charge is 2.32. The van der Waals surface area contributed by atoms with Crippen LogP contribution in [0.2, 0.25) is 0 Å². The summed E-state index contributed by atoms with van der Waals surface area (Å²) in [5, 5.41) is 0.351. The van der Waals surface area contributed by atoms with E-state index in [0.29, 0.717) is 22.4 Å². The molecule has 0 atom stereocenters. The molecule has 4 rings (SSSR count). The zero-order chi connectivity index (χ0) is 22.9. The van der Waals surface area contributed by atoms with Crippen molar-refractivity contribution in [1.29, 1.82) is 0 Å². The van der Waals surface area contributed by atoms with Gasteiger partial charge in [-0.15, -0.1) is 13.2 Å². The van der Waals surface area contributed by atoms with Gasteiger partial charge in [-0.05, 0) is 72.2 Å². The molecule has 1 saturated carbocycles. The Morgan fingerprint density at radius 2 is 1.66 bits per heavy atom. The van der Waals surface area contributed by atoms with Crippen molar-refractivity contribution in [3.8, 4) is 16.9 Å². The highest BCUT2D eigenvalue weighted by molar-refractivity contribution is 5.89. The molecule has 0 N–H and O–H groups in total. The Morgan fingerprint density at radius 3 is 2.31 bits per heavy atom. The second-order valence-corrected chi connectivity index (χ2v) is 8.61. The van der Waals surface area contributed by atoms with Crippen LogP contribution in [0.25, 0.3) is 21.9 Å². The summed E-state index contributed by atoms with van der Waals surface area (Å²) in [5.74, 6) is -1.19. The maximum Gasteiger partial charge on any atom is 0.573 e. The Hall–Kier alpha value is -2.63. The normalized spacial score (nSPS) is 19.3. The SMILES string of the molecule is CCCC1CCC(c2ccc(-c3ccc4c(F)c(OC(F)(F)F)ccc4c3)c(F)c2)CC1. The number of ether oxygens (including phenoxy) is 1. The van der Waals surface area contributed by atoms with E-state index in [1.807, 2.05) is 6.07 Å². The first-order chi connectivity index (χ1) is 15.2. The lowest BCUT2D eigenvalue weighted by Gasteiger charge is -2.28. The van der Waals surface area contributed by atoms with E-state index in [4.69, 9.17) is 0 Å². The molecule has 3 aromatic rings. The molecule has 0 heterocycles. The highest BCUT2D eigenvalue weighted by Crippen LogP contribution is 2.39. The summed E-state index contributed by atoms with van der Waals surface area (Å²) in [6.07, 6.45) is 1.98. The van der Waals surface area contributed by atoms with Crippen molar-refractivity contribution in [2.45, 2.75) is 57.7 Å². The van der Waals surface area contributed by atoms with Crippen molar-refractivity contribution >= 4 is 10.8 Å². The molecule has 1 aliphatic carbocycles. The van der Waals surface area contributed by atoms with Gasteiger partial charge in [0.25, 0.3) is 0 Å². The van der Waals surface area contributed by atoms with Crippen LogP contribution in [0.5, 0.6) is 5.75 Å². The van der Waals surface area contributed by atoms with Crippen LogP contribution in [0.15, 0.2) is 48.5 Å². The van der Waals surface area contributed by atoms with Gasteiger partial charge in [-0.1, -0.05) is 50.1 Å². The van der Waals surface area contributed by atoms with Crippen molar-refractivity contribution in [1.82, 2.24) is 0 Å². The monoisotopic (exact) mass is 448 g/mol. The van der Waals surface area contributed by atoms with Crippen LogP contribution in [0.3, 0.4) is 0 Å². The van der Waals surface area contributed by atoms with E-state index < -0.39 is 17.9 Å². The van der Waals surface area contributed by atoms with Gasteiger partial charge in [0, 0.05) is 10.9 Å². The van der Waals surface area contributed by atoms with Crippen LogP contribution in [0.4, 0.5) is 22.0 Å². The molecule has 0 unspecified atom stereocenters. The lowest BCUT2D eigenvalue weighted by Crippen LogP contribution is -2.17. The van der Waals surface area contributed by atoms with Crippen molar-refractivity contribution in [2.75, 3.05) is 0 Å². The van der Waals surface area contributed by atoms with E-state index in [9.17, 15) is 22.0 Å². The molecular weight excluding hydrogens is 423 g/mol. The number of hydrogen-bond acceptors (Lipinski definition) is 1. The Morgan fingerprint density at radius 1 is 0.906 bits per heavy atom. The maximum atomic E-state index is 15.0. The third kappa shape index (κ3) is 4.89. The third-order valence-corrected chi connectivity index (χ3v) is 6.46. The van der Waals surface area contributed by atoms with Gasteiger partial charge in [-0.2, -0.15) is 0 Å². The molecule has 0 bridgehead atoms. The zero-order valence-electron chi connectivity index (χ0n) is 17.8. The second-order valence-electron chi connectivity index (χ2n) is 8.61. The van der Waals surface area contributed by atoms with Crippen LogP contribution in [0, 0.1) is 17.6 Å². The Labute approximate surface area is 184 Å². The molecule has 0 saturated heterocycles. The minimum atomic E-state index is -4.98. The number of hydrogen-bond donors (Lipinski definition) is 0. The van der Waals surface area contributed by atoms with Crippen LogP contribution < -0.4 is 4.74 Å². The summed E-state index contributed by atoms with van der Waals surface area (Å²) in [4.78, 5) is 0. The van der Waals surface area contributed by atoms with Gasteiger partial charge in [0.15, 0.2) is 11.6 Å². The van der Waals surface area contributed by atoms with E-state index in [2.05, 4.69) is 11.7 Å². The summed E-state index contributed by atoms with van der Waals surface area (Å²) in [5.41, 5.74) is 1.92. The van der Waals surface area contributed by atoms with E-state index in [1.165, 1.54) is 43.9 Å².